The maximum Gasteiger partial charge on any atom is 0.191 e. The first-order valence-electron chi connectivity index (χ1n) is 7.37. The highest BCUT2D eigenvalue weighted by Crippen LogP contribution is 2.20. The van der Waals surface area contributed by atoms with Crippen LogP contribution in [0.4, 0.5) is 0 Å². The number of hydrogen-bond donors (Lipinski definition) is 2. The third-order valence-electron chi connectivity index (χ3n) is 3.52. The molecule has 1 heterocycles. The van der Waals surface area contributed by atoms with Gasteiger partial charge in [0.15, 0.2) is 5.96 Å². The fourth-order valence-electron chi connectivity index (χ4n) is 2.38. The highest BCUT2D eigenvalue weighted by Gasteiger charge is 2.27. The highest BCUT2D eigenvalue weighted by atomic mass is 127. The second-order valence-corrected chi connectivity index (χ2v) is 5.59. The molecule has 0 aromatic carbocycles. The fraction of sp³-hybridized carbons (Fsp3) is 0.929. The Balaban J connectivity index is 0.00000324. The van der Waals surface area contributed by atoms with Gasteiger partial charge in [-0.2, -0.15) is 0 Å². The number of likely N-dealkylation sites (tertiary alicyclic amines) is 1. The Labute approximate surface area is 135 Å². The topological polar surface area (TPSA) is 39.7 Å². The summed E-state index contributed by atoms with van der Waals surface area (Å²) in [5, 5.41) is 6.56. The SMILES string of the molecule is CCNC(=NCC(C)(C)N1CCCCC1)NCC.I. The molecule has 0 radical (unpaired) electrons. The normalized spacial score (nSPS) is 16.4. The van der Waals surface area contributed by atoms with Gasteiger partial charge in [0.1, 0.15) is 0 Å². The van der Waals surface area contributed by atoms with E-state index in [1.54, 1.807) is 0 Å². The molecule has 0 amide bonds. The van der Waals surface area contributed by atoms with Gasteiger partial charge >= 0.3 is 0 Å². The van der Waals surface area contributed by atoms with Gasteiger partial charge in [0.25, 0.3) is 0 Å². The highest BCUT2D eigenvalue weighted by molar-refractivity contribution is 14.0. The van der Waals surface area contributed by atoms with E-state index in [0.717, 1.165) is 25.6 Å². The smallest absolute Gasteiger partial charge is 0.191 e. The molecule has 2 N–H and O–H groups in total. The Morgan fingerprint density at radius 3 is 2.05 bits per heavy atom. The Kier molecular flexibility index (Phi) is 9.78. The average molecular weight is 382 g/mol. The van der Waals surface area contributed by atoms with E-state index >= 15 is 0 Å². The van der Waals surface area contributed by atoms with Crippen LogP contribution in [0.3, 0.4) is 0 Å². The van der Waals surface area contributed by atoms with Crippen LogP contribution in [0.2, 0.25) is 0 Å². The number of piperidine rings is 1. The number of guanidine groups is 1. The van der Waals surface area contributed by atoms with Gasteiger partial charge < -0.3 is 10.6 Å². The summed E-state index contributed by atoms with van der Waals surface area (Å²) >= 11 is 0. The lowest BCUT2D eigenvalue weighted by atomic mass is 9.99. The first kappa shape index (κ1) is 19.0. The number of aliphatic imine (C=N–C) groups is 1. The molecule has 1 fully saturated rings. The lowest BCUT2D eigenvalue weighted by Gasteiger charge is -2.40. The molecular formula is C14H31IN4. The van der Waals surface area contributed by atoms with Gasteiger partial charge in [-0.1, -0.05) is 6.42 Å². The standard InChI is InChI=1S/C14H30N4.HI/c1-5-15-13(16-6-2)17-12-14(3,4)18-10-8-7-9-11-18;/h5-12H2,1-4H3,(H2,15,16,17);1H. The Bertz CT molecular complexity index is 252. The van der Waals surface area contributed by atoms with E-state index in [2.05, 4.69) is 43.2 Å². The van der Waals surface area contributed by atoms with E-state index in [1.165, 1.54) is 32.4 Å². The molecule has 1 saturated heterocycles. The lowest BCUT2D eigenvalue weighted by Crippen LogP contribution is -2.49. The fourth-order valence-corrected chi connectivity index (χ4v) is 2.38. The zero-order valence-electron chi connectivity index (χ0n) is 13.0. The summed E-state index contributed by atoms with van der Waals surface area (Å²) in [7, 11) is 0. The van der Waals surface area contributed by atoms with Crippen LogP contribution in [0.15, 0.2) is 4.99 Å². The van der Waals surface area contributed by atoms with Crippen molar-refractivity contribution in [3.63, 3.8) is 0 Å². The van der Waals surface area contributed by atoms with Crippen molar-refractivity contribution in [2.75, 3.05) is 32.7 Å². The molecule has 5 heteroatoms. The van der Waals surface area contributed by atoms with Crippen LogP contribution in [-0.4, -0.2) is 49.1 Å². The second kappa shape index (κ2) is 9.80. The molecule has 114 valence electrons. The average Bonchev–Trinajstić information content (AvgIpc) is 2.38. The monoisotopic (exact) mass is 382 g/mol. The van der Waals surface area contributed by atoms with Gasteiger partial charge in [-0.05, 0) is 53.6 Å². The lowest BCUT2D eigenvalue weighted by molar-refractivity contribution is 0.102. The van der Waals surface area contributed by atoms with Crippen molar-refractivity contribution in [1.29, 1.82) is 0 Å². The van der Waals surface area contributed by atoms with Gasteiger partial charge in [0, 0.05) is 18.6 Å². The minimum absolute atomic E-state index is 0. The molecular weight excluding hydrogens is 351 g/mol. The molecule has 0 saturated carbocycles. The van der Waals surface area contributed by atoms with E-state index < -0.39 is 0 Å². The van der Waals surface area contributed by atoms with E-state index in [-0.39, 0.29) is 29.5 Å². The van der Waals surface area contributed by atoms with Crippen molar-refractivity contribution in [3.8, 4) is 0 Å². The third kappa shape index (κ3) is 6.79. The summed E-state index contributed by atoms with van der Waals surface area (Å²) in [6.45, 7) is 13.9. The van der Waals surface area contributed by atoms with E-state index in [1.807, 2.05) is 0 Å². The quantitative estimate of drug-likeness (QED) is 0.436. The van der Waals surface area contributed by atoms with Gasteiger partial charge in [-0.3, -0.25) is 9.89 Å². The molecule has 0 bridgehead atoms. The molecule has 19 heavy (non-hydrogen) atoms. The molecule has 0 aromatic heterocycles. The Morgan fingerprint density at radius 2 is 1.58 bits per heavy atom. The number of halogens is 1. The molecule has 4 nitrogen and oxygen atoms in total. The summed E-state index contributed by atoms with van der Waals surface area (Å²) in [5.41, 5.74) is 0.163. The maximum absolute atomic E-state index is 4.70. The second-order valence-electron chi connectivity index (χ2n) is 5.59. The molecule has 0 aromatic rings. The summed E-state index contributed by atoms with van der Waals surface area (Å²) in [6, 6.07) is 0. The van der Waals surface area contributed by atoms with E-state index in [0.29, 0.717) is 0 Å². The number of hydrogen-bond acceptors (Lipinski definition) is 2. The Morgan fingerprint density at radius 1 is 1.05 bits per heavy atom. The van der Waals surface area contributed by atoms with Crippen LogP contribution < -0.4 is 10.6 Å². The Hall–Kier alpha value is -0.0400. The van der Waals surface area contributed by atoms with Crippen molar-refractivity contribution < 1.29 is 0 Å². The molecule has 1 aliphatic heterocycles. The van der Waals surface area contributed by atoms with Crippen LogP contribution in [0.25, 0.3) is 0 Å². The molecule has 0 aliphatic carbocycles. The zero-order chi connectivity index (χ0) is 13.4. The van der Waals surface area contributed by atoms with E-state index in [4.69, 9.17) is 4.99 Å². The van der Waals surface area contributed by atoms with Crippen molar-refractivity contribution in [3.05, 3.63) is 0 Å². The third-order valence-corrected chi connectivity index (χ3v) is 3.52. The van der Waals surface area contributed by atoms with Crippen LogP contribution in [-0.2, 0) is 0 Å². The maximum atomic E-state index is 4.70. The summed E-state index contributed by atoms with van der Waals surface area (Å²) in [4.78, 5) is 7.28. The van der Waals surface area contributed by atoms with Gasteiger partial charge in [0.05, 0.1) is 6.54 Å². The largest absolute Gasteiger partial charge is 0.357 e. The molecule has 0 spiro atoms. The van der Waals surface area contributed by atoms with Crippen LogP contribution in [0, 0.1) is 0 Å². The van der Waals surface area contributed by atoms with Crippen LogP contribution in [0.1, 0.15) is 47.0 Å². The van der Waals surface area contributed by atoms with Crippen molar-refractivity contribution in [2.24, 2.45) is 4.99 Å². The predicted molar refractivity (Wildman–Crippen MR) is 94.6 cm³/mol. The summed E-state index contributed by atoms with van der Waals surface area (Å²) in [5.74, 6) is 0.935. The number of nitrogens with zero attached hydrogens (tertiary/aromatic N) is 2. The van der Waals surface area contributed by atoms with Crippen LogP contribution in [0.5, 0.6) is 0 Å². The van der Waals surface area contributed by atoms with Crippen molar-refractivity contribution >= 4 is 29.9 Å². The van der Waals surface area contributed by atoms with Crippen molar-refractivity contribution in [1.82, 2.24) is 15.5 Å². The van der Waals surface area contributed by atoms with Crippen LogP contribution >= 0.6 is 24.0 Å². The number of nitrogens with one attached hydrogen (secondary N) is 2. The van der Waals surface area contributed by atoms with Gasteiger partial charge in [0.2, 0.25) is 0 Å². The van der Waals surface area contributed by atoms with Gasteiger partial charge in [-0.25, -0.2) is 0 Å². The molecule has 0 atom stereocenters. The van der Waals surface area contributed by atoms with Crippen molar-refractivity contribution in [2.45, 2.75) is 52.5 Å². The predicted octanol–water partition coefficient (Wildman–Crippen LogP) is 2.44. The number of rotatable bonds is 5. The zero-order valence-corrected chi connectivity index (χ0v) is 15.3. The molecule has 1 rings (SSSR count). The van der Waals surface area contributed by atoms with E-state index in [9.17, 15) is 0 Å². The first-order valence-corrected chi connectivity index (χ1v) is 7.37. The summed E-state index contributed by atoms with van der Waals surface area (Å²) in [6.07, 6.45) is 4.05. The molecule has 0 unspecified atom stereocenters. The van der Waals surface area contributed by atoms with Gasteiger partial charge in [-0.15, -0.1) is 24.0 Å². The molecule has 1 aliphatic rings. The minimum atomic E-state index is 0. The summed E-state index contributed by atoms with van der Waals surface area (Å²) < 4.78 is 0. The minimum Gasteiger partial charge on any atom is -0.357 e. The first-order chi connectivity index (χ1) is 8.60.